The number of hydrogen-bond acceptors (Lipinski definition) is 7. The van der Waals surface area contributed by atoms with Crippen molar-refractivity contribution in [2.75, 3.05) is 32.8 Å². The number of benzene rings is 1. The second-order valence-corrected chi connectivity index (χ2v) is 11.8. The van der Waals surface area contributed by atoms with Crippen LogP contribution in [0.3, 0.4) is 0 Å². The molecule has 1 aromatic carbocycles. The number of amides is 1. The molecule has 4 aromatic rings. The minimum Gasteiger partial charge on any atom is -0.494 e. The highest BCUT2D eigenvalue weighted by Gasteiger charge is 2.28. The van der Waals surface area contributed by atoms with Crippen molar-refractivity contribution in [1.29, 1.82) is 0 Å². The van der Waals surface area contributed by atoms with Crippen LogP contribution in [0.25, 0.3) is 27.5 Å². The van der Waals surface area contributed by atoms with Crippen LogP contribution in [-0.4, -0.2) is 58.1 Å². The Morgan fingerprint density at radius 2 is 1.93 bits per heavy atom. The van der Waals surface area contributed by atoms with Crippen molar-refractivity contribution in [1.82, 2.24) is 24.8 Å². The predicted octanol–water partition coefficient (Wildman–Crippen LogP) is 6.26. The van der Waals surface area contributed by atoms with Gasteiger partial charge in [-0.15, -0.1) is 11.3 Å². The van der Waals surface area contributed by atoms with Gasteiger partial charge in [0.05, 0.1) is 34.1 Å². The molecule has 1 N–H and O–H groups in total. The van der Waals surface area contributed by atoms with E-state index in [0.717, 1.165) is 0 Å². The summed E-state index contributed by atoms with van der Waals surface area (Å²) in [6, 6.07) is 9.54. The summed E-state index contributed by atoms with van der Waals surface area (Å²) in [5.74, 6) is 0.490. The third-order valence-corrected chi connectivity index (χ3v) is 8.24. The molecule has 1 aliphatic rings. The van der Waals surface area contributed by atoms with E-state index < -0.39 is 6.43 Å². The SMILES string of the molecule is CCOc1ccc(Cl)c(-n2c(CC(C)C)c(C(=O)N3CCNCC3)cc(-c3nc(-c4ccc(C(F)F)nc4)cs3)c2=O)c1. The Bertz CT molecular complexity index is 1670. The van der Waals surface area contributed by atoms with Gasteiger partial charge in [0.15, 0.2) is 0 Å². The van der Waals surface area contributed by atoms with Crippen molar-refractivity contribution in [2.45, 2.75) is 33.6 Å². The lowest BCUT2D eigenvalue weighted by Crippen LogP contribution is -2.47. The number of aromatic nitrogens is 3. The van der Waals surface area contributed by atoms with Gasteiger partial charge in [0.1, 0.15) is 16.5 Å². The van der Waals surface area contributed by atoms with Gasteiger partial charge < -0.3 is 15.0 Å². The van der Waals surface area contributed by atoms with Gasteiger partial charge in [-0.2, -0.15) is 0 Å². The van der Waals surface area contributed by atoms with E-state index in [9.17, 15) is 18.4 Å². The fourth-order valence-corrected chi connectivity index (χ4v) is 6.05. The number of halogens is 3. The zero-order valence-corrected chi connectivity index (χ0v) is 25.6. The van der Waals surface area contributed by atoms with Crippen LogP contribution in [-0.2, 0) is 6.42 Å². The van der Waals surface area contributed by atoms with Crippen LogP contribution in [0.15, 0.2) is 52.8 Å². The van der Waals surface area contributed by atoms with Crippen LogP contribution >= 0.6 is 22.9 Å². The topological polar surface area (TPSA) is 89.3 Å². The number of nitrogens with one attached hydrogen (secondary N) is 1. The molecule has 4 heterocycles. The molecule has 1 amide bonds. The summed E-state index contributed by atoms with van der Waals surface area (Å²) in [4.78, 5) is 38.8. The Balaban J connectivity index is 1.73. The molecule has 1 saturated heterocycles. The largest absolute Gasteiger partial charge is 0.494 e. The van der Waals surface area contributed by atoms with Crippen LogP contribution in [0.4, 0.5) is 8.78 Å². The summed E-state index contributed by atoms with van der Waals surface area (Å²) in [6.45, 7) is 8.78. The monoisotopic (exact) mass is 627 g/mol. The van der Waals surface area contributed by atoms with E-state index >= 15 is 0 Å². The van der Waals surface area contributed by atoms with E-state index in [-0.39, 0.29) is 28.6 Å². The number of hydrogen-bond donors (Lipinski definition) is 1. The van der Waals surface area contributed by atoms with Crippen LogP contribution < -0.4 is 15.6 Å². The van der Waals surface area contributed by atoms with Crippen LogP contribution in [0.5, 0.6) is 5.75 Å². The molecule has 12 heteroatoms. The molecule has 1 aliphatic heterocycles. The fraction of sp³-hybridized carbons (Fsp3) is 0.355. The van der Waals surface area contributed by atoms with Crippen molar-refractivity contribution in [2.24, 2.45) is 5.92 Å². The highest BCUT2D eigenvalue weighted by Crippen LogP contribution is 2.33. The number of carbonyl (C=O) groups is 1. The minimum atomic E-state index is -2.68. The first kappa shape index (κ1) is 30.8. The predicted molar refractivity (Wildman–Crippen MR) is 165 cm³/mol. The lowest BCUT2D eigenvalue weighted by atomic mass is 9.99. The Kier molecular flexibility index (Phi) is 9.53. The van der Waals surface area contributed by atoms with Crippen molar-refractivity contribution >= 4 is 28.8 Å². The lowest BCUT2D eigenvalue weighted by Gasteiger charge is -2.29. The first-order valence-corrected chi connectivity index (χ1v) is 15.4. The summed E-state index contributed by atoms with van der Waals surface area (Å²) >= 11 is 7.94. The third-order valence-electron chi connectivity index (χ3n) is 7.05. The van der Waals surface area contributed by atoms with Gasteiger partial charge in [0, 0.05) is 55.1 Å². The van der Waals surface area contributed by atoms with E-state index in [2.05, 4.69) is 15.3 Å². The second kappa shape index (κ2) is 13.3. The minimum absolute atomic E-state index is 0.120. The average molecular weight is 628 g/mol. The average Bonchev–Trinajstić information content (AvgIpc) is 3.49. The fourth-order valence-electron chi connectivity index (χ4n) is 5.01. The molecule has 0 aliphatic carbocycles. The number of pyridine rings is 2. The Hall–Kier alpha value is -3.67. The number of alkyl halides is 2. The summed E-state index contributed by atoms with van der Waals surface area (Å²) in [5.41, 5.74) is 1.92. The van der Waals surface area contributed by atoms with Crippen molar-refractivity contribution in [3.05, 3.63) is 80.3 Å². The van der Waals surface area contributed by atoms with Crippen molar-refractivity contribution < 1.29 is 18.3 Å². The van der Waals surface area contributed by atoms with E-state index in [1.165, 1.54) is 34.2 Å². The molecular formula is C31H32ClF2N5O3S. The molecule has 8 nitrogen and oxygen atoms in total. The Morgan fingerprint density at radius 1 is 1.16 bits per heavy atom. The first-order valence-electron chi connectivity index (χ1n) is 14.1. The molecule has 3 aromatic heterocycles. The highest BCUT2D eigenvalue weighted by atomic mass is 35.5. The molecular weight excluding hydrogens is 596 g/mol. The standard InChI is InChI=1S/C31H32ClF2N5O3S/c1-4-42-20-6-7-23(32)27(14-20)39-26(13-18(2)3)21(30(40)38-11-9-35-10-12-38)15-22(31(39)41)29-37-25(17-43-29)19-5-8-24(28(33)34)36-16-19/h5-8,14-18,28,35H,4,9-13H2,1-3H3. The van der Waals surface area contributed by atoms with Gasteiger partial charge in [-0.05, 0) is 49.6 Å². The molecule has 0 spiro atoms. The number of ether oxygens (including phenoxy) is 1. The summed E-state index contributed by atoms with van der Waals surface area (Å²) < 4.78 is 33.3. The third kappa shape index (κ3) is 6.63. The summed E-state index contributed by atoms with van der Waals surface area (Å²) in [7, 11) is 0. The number of piperazine rings is 1. The Morgan fingerprint density at radius 3 is 2.58 bits per heavy atom. The van der Waals surface area contributed by atoms with E-state index in [1.807, 2.05) is 20.8 Å². The molecule has 0 bridgehead atoms. The van der Waals surface area contributed by atoms with Gasteiger partial charge in [0.25, 0.3) is 17.9 Å². The molecule has 0 unspecified atom stereocenters. The molecule has 0 saturated carbocycles. The highest BCUT2D eigenvalue weighted by molar-refractivity contribution is 7.13. The van der Waals surface area contributed by atoms with E-state index in [1.54, 1.807) is 34.5 Å². The van der Waals surface area contributed by atoms with E-state index in [0.29, 0.717) is 83.2 Å². The van der Waals surface area contributed by atoms with Crippen molar-refractivity contribution in [3.63, 3.8) is 0 Å². The number of thiazole rings is 1. The molecule has 226 valence electrons. The van der Waals surface area contributed by atoms with Crippen LogP contribution in [0.2, 0.25) is 5.02 Å². The Labute approximate surface area is 257 Å². The molecule has 43 heavy (non-hydrogen) atoms. The number of carbonyl (C=O) groups excluding carboxylic acids is 1. The number of nitrogens with zero attached hydrogens (tertiary/aromatic N) is 4. The summed E-state index contributed by atoms with van der Waals surface area (Å²) in [5, 5.41) is 5.72. The molecule has 0 atom stereocenters. The maximum atomic E-state index is 14.4. The maximum absolute atomic E-state index is 14.4. The van der Waals surface area contributed by atoms with Gasteiger partial charge in [-0.3, -0.25) is 19.1 Å². The maximum Gasteiger partial charge on any atom is 0.280 e. The number of rotatable bonds is 9. The lowest BCUT2D eigenvalue weighted by molar-refractivity contribution is 0.0733. The van der Waals surface area contributed by atoms with Gasteiger partial charge in [-0.25, -0.2) is 13.8 Å². The normalized spacial score (nSPS) is 13.6. The molecule has 5 rings (SSSR count). The molecule has 0 radical (unpaired) electrons. The summed E-state index contributed by atoms with van der Waals surface area (Å²) in [6.07, 6.45) is -0.895. The second-order valence-electron chi connectivity index (χ2n) is 10.6. The molecule has 1 fully saturated rings. The zero-order chi connectivity index (χ0) is 30.7. The quantitative estimate of drug-likeness (QED) is 0.236. The van der Waals surface area contributed by atoms with Gasteiger partial charge in [0.2, 0.25) is 0 Å². The van der Waals surface area contributed by atoms with Gasteiger partial charge in [-0.1, -0.05) is 25.4 Å². The van der Waals surface area contributed by atoms with Crippen molar-refractivity contribution in [3.8, 4) is 33.3 Å². The zero-order valence-electron chi connectivity index (χ0n) is 24.1. The first-order chi connectivity index (χ1) is 20.7. The van der Waals surface area contributed by atoms with Gasteiger partial charge >= 0.3 is 0 Å². The van der Waals surface area contributed by atoms with Crippen LogP contribution in [0.1, 0.15) is 48.9 Å². The van der Waals surface area contributed by atoms with E-state index in [4.69, 9.17) is 16.3 Å². The smallest absolute Gasteiger partial charge is 0.280 e. The van der Waals surface area contributed by atoms with Crippen LogP contribution in [0, 0.1) is 5.92 Å².